The quantitative estimate of drug-likeness (QED) is 0.797. The maximum Gasteiger partial charge on any atom is 0.123 e. The fourth-order valence-corrected chi connectivity index (χ4v) is 2.86. The Morgan fingerprint density at radius 3 is 2.69 bits per heavy atom. The zero-order valence-corrected chi connectivity index (χ0v) is 11.7. The van der Waals surface area contributed by atoms with Gasteiger partial charge in [0.15, 0.2) is 0 Å². The summed E-state index contributed by atoms with van der Waals surface area (Å²) >= 11 is 5.16. The SMILES string of the molecule is Cc1cccc(OCc2ccc(Br)s2)c1C. The van der Waals surface area contributed by atoms with Crippen molar-refractivity contribution in [3.05, 3.63) is 50.1 Å². The van der Waals surface area contributed by atoms with Gasteiger partial charge < -0.3 is 4.74 Å². The van der Waals surface area contributed by atoms with Crippen LogP contribution in [0.25, 0.3) is 0 Å². The average molecular weight is 297 g/mol. The molecular weight excluding hydrogens is 284 g/mol. The smallest absolute Gasteiger partial charge is 0.123 e. The zero-order chi connectivity index (χ0) is 11.5. The van der Waals surface area contributed by atoms with Crippen LogP contribution in [0.3, 0.4) is 0 Å². The fourth-order valence-electron chi connectivity index (χ4n) is 1.46. The average Bonchev–Trinajstić information content (AvgIpc) is 2.67. The molecule has 0 unspecified atom stereocenters. The summed E-state index contributed by atoms with van der Waals surface area (Å²) in [5, 5.41) is 0. The van der Waals surface area contributed by atoms with Crippen LogP contribution in [0.5, 0.6) is 5.75 Å². The Morgan fingerprint density at radius 1 is 1.19 bits per heavy atom. The van der Waals surface area contributed by atoms with Crippen molar-refractivity contribution in [1.29, 1.82) is 0 Å². The van der Waals surface area contributed by atoms with Crippen molar-refractivity contribution in [2.24, 2.45) is 0 Å². The van der Waals surface area contributed by atoms with E-state index >= 15 is 0 Å². The third-order valence-corrected chi connectivity index (χ3v) is 4.15. The Balaban J connectivity index is 2.07. The summed E-state index contributed by atoms with van der Waals surface area (Å²) in [7, 11) is 0. The van der Waals surface area contributed by atoms with Gasteiger partial charge in [-0.1, -0.05) is 12.1 Å². The molecule has 0 radical (unpaired) electrons. The lowest BCUT2D eigenvalue weighted by atomic mass is 10.1. The highest BCUT2D eigenvalue weighted by Gasteiger charge is 2.03. The van der Waals surface area contributed by atoms with Crippen molar-refractivity contribution >= 4 is 27.3 Å². The monoisotopic (exact) mass is 296 g/mol. The van der Waals surface area contributed by atoms with Crippen molar-refractivity contribution in [2.75, 3.05) is 0 Å². The first-order valence-corrected chi connectivity index (χ1v) is 6.71. The number of thiophene rings is 1. The lowest BCUT2D eigenvalue weighted by Gasteiger charge is -2.09. The largest absolute Gasteiger partial charge is 0.488 e. The van der Waals surface area contributed by atoms with Gasteiger partial charge in [-0.25, -0.2) is 0 Å². The van der Waals surface area contributed by atoms with Gasteiger partial charge in [0, 0.05) is 4.88 Å². The first kappa shape index (κ1) is 11.7. The zero-order valence-electron chi connectivity index (χ0n) is 9.29. The molecule has 0 saturated carbocycles. The summed E-state index contributed by atoms with van der Waals surface area (Å²) in [6.07, 6.45) is 0. The predicted octanol–water partition coefficient (Wildman–Crippen LogP) is 4.71. The van der Waals surface area contributed by atoms with E-state index in [0.717, 1.165) is 9.54 Å². The molecule has 0 fully saturated rings. The van der Waals surface area contributed by atoms with E-state index in [4.69, 9.17) is 4.74 Å². The number of halogens is 1. The molecule has 0 bridgehead atoms. The summed E-state index contributed by atoms with van der Waals surface area (Å²) in [5.74, 6) is 0.976. The van der Waals surface area contributed by atoms with Gasteiger partial charge in [-0.05, 0) is 59.1 Å². The normalized spacial score (nSPS) is 10.4. The highest BCUT2D eigenvalue weighted by molar-refractivity contribution is 9.11. The van der Waals surface area contributed by atoms with E-state index in [0.29, 0.717) is 6.61 Å². The van der Waals surface area contributed by atoms with Gasteiger partial charge in [0.05, 0.1) is 3.79 Å². The van der Waals surface area contributed by atoms with Gasteiger partial charge in [0.25, 0.3) is 0 Å². The van der Waals surface area contributed by atoms with Crippen molar-refractivity contribution < 1.29 is 4.74 Å². The van der Waals surface area contributed by atoms with Crippen LogP contribution in [-0.2, 0) is 6.61 Å². The molecule has 0 N–H and O–H groups in total. The minimum absolute atomic E-state index is 0.639. The van der Waals surface area contributed by atoms with Crippen molar-refractivity contribution in [1.82, 2.24) is 0 Å². The molecule has 84 valence electrons. The van der Waals surface area contributed by atoms with Crippen LogP contribution in [0.4, 0.5) is 0 Å². The molecule has 0 aliphatic carbocycles. The molecule has 1 aromatic carbocycles. The van der Waals surface area contributed by atoms with E-state index in [1.54, 1.807) is 11.3 Å². The summed E-state index contributed by atoms with van der Waals surface area (Å²) in [5.41, 5.74) is 2.49. The summed E-state index contributed by atoms with van der Waals surface area (Å²) in [6.45, 7) is 4.83. The number of rotatable bonds is 3. The summed E-state index contributed by atoms with van der Waals surface area (Å²) in [6, 6.07) is 10.3. The Hall–Kier alpha value is -0.800. The number of benzene rings is 1. The Morgan fingerprint density at radius 2 is 2.00 bits per heavy atom. The second-order valence-corrected chi connectivity index (χ2v) is 6.24. The maximum atomic E-state index is 5.81. The summed E-state index contributed by atoms with van der Waals surface area (Å²) in [4.78, 5) is 1.23. The Bertz CT molecular complexity index is 490. The lowest BCUT2D eigenvalue weighted by molar-refractivity contribution is 0.307. The van der Waals surface area contributed by atoms with E-state index in [1.807, 2.05) is 18.2 Å². The molecule has 0 spiro atoms. The molecule has 16 heavy (non-hydrogen) atoms. The van der Waals surface area contributed by atoms with Gasteiger partial charge in [-0.2, -0.15) is 0 Å². The minimum Gasteiger partial charge on any atom is -0.488 e. The van der Waals surface area contributed by atoms with E-state index in [1.165, 1.54) is 16.0 Å². The van der Waals surface area contributed by atoms with Gasteiger partial charge >= 0.3 is 0 Å². The van der Waals surface area contributed by atoms with Crippen LogP contribution in [0.2, 0.25) is 0 Å². The van der Waals surface area contributed by atoms with Crippen molar-refractivity contribution in [2.45, 2.75) is 20.5 Å². The topological polar surface area (TPSA) is 9.23 Å². The Labute approximate surface area is 108 Å². The van der Waals surface area contributed by atoms with Crippen molar-refractivity contribution in [3.8, 4) is 5.75 Å². The van der Waals surface area contributed by atoms with Crippen molar-refractivity contribution in [3.63, 3.8) is 0 Å². The number of hydrogen-bond donors (Lipinski definition) is 0. The molecule has 2 aromatic rings. The molecule has 2 rings (SSSR count). The van der Waals surface area contributed by atoms with Crippen LogP contribution in [0.15, 0.2) is 34.1 Å². The lowest BCUT2D eigenvalue weighted by Crippen LogP contribution is -1.95. The molecular formula is C13H13BrOS. The number of hydrogen-bond acceptors (Lipinski definition) is 2. The summed E-state index contributed by atoms with van der Waals surface area (Å²) < 4.78 is 6.95. The second-order valence-electron chi connectivity index (χ2n) is 3.69. The molecule has 0 aliphatic rings. The van der Waals surface area contributed by atoms with E-state index in [2.05, 4.69) is 41.9 Å². The molecule has 0 saturated heterocycles. The van der Waals surface area contributed by atoms with Crippen LogP contribution >= 0.6 is 27.3 Å². The molecule has 1 nitrogen and oxygen atoms in total. The van der Waals surface area contributed by atoms with E-state index in [-0.39, 0.29) is 0 Å². The number of aryl methyl sites for hydroxylation is 1. The maximum absolute atomic E-state index is 5.81. The van der Waals surface area contributed by atoms with Crippen LogP contribution in [-0.4, -0.2) is 0 Å². The highest BCUT2D eigenvalue weighted by atomic mass is 79.9. The first-order valence-electron chi connectivity index (χ1n) is 5.10. The number of ether oxygens (including phenoxy) is 1. The second kappa shape index (κ2) is 5.02. The van der Waals surface area contributed by atoms with Crippen LogP contribution in [0.1, 0.15) is 16.0 Å². The van der Waals surface area contributed by atoms with Crippen LogP contribution in [0, 0.1) is 13.8 Å². The first-order chi connectivity index (χ1) is 7.66. The molecule has 0 aliphatic heterocycles. The Kier molecular flexibility index (Phi) is 3.66. The van der Waals surface area contributed by atoms with Gasteiger partial charge in [0.1, 0.15) is 12.4 Å². The molecule has 0 amide bonds. The van der Waals surface area contributed by atoms with E-state index < -0.39 is 0 Å². The predicted molar refractivity (Wildman–Crippen MR) is 72.3 cm³/mol. The van der Waals surface area contributed by atoms with Gasteiger partial charge in [0.2, 0.25) is 0 Å². The molecule has 1 aromatic heterocycles. The standard InChI is InChI=1S/C13H13BrOS/c1-9-4-3-5-12(10(9)2)15-8-11-6-7-13(14)16-11/h3-7H,8H2,1-2H3. The van der Waals surface area contributed by atoms with E-state index in [9.17, 15) is 0 Å². The van der Waals surface area contributed by atoms with Gasteiger partial charge in [-0.15, -0.1) is 11.3 Å². The third-order valence-electron chi connectivity index (χ3n) is 2.55. The fraction of sp³-hybridized carbons (Fsp3) is 0.231. The van der Waals surface area contributed by atoms with Gasteiger partial charge in [-0.3, -0.25) is 0 Å². The molecule has 1 heterocycles. The third kappa shape index (κ3) is 2.66. The molecule has 0 atom stereocenters. The molecule has 3 heteroatoms. The minimum atomic E-state index is 0.639. The highest BCUT2D eigenvalue weighted by Crippen LogP contribution is 2.25. The van der Waals surface area contributed by atoms with Crippen LogP contribution < -0.4 is 4.74 Å².